The lowest BCUT2D eigenvalue weighted by molar-refractivity contribution is -0.122. The molecule has 1 saturated carbocycles. The Bertz CT molecular complexity index is 907. The van der Waals surface area contributed by atoms with Crippen LogP contribution in [0.2, 0.25) is 0 Å². The van der Waals surface area contributed by atoms with E-state index in [9.17, 15) is 9.90 Å². The summed E-state index contributed by atoms with van der Waals surface area (Å²) in [6.45, 7) is 0. The highest BCUT2D eigenvalue weighted by Gasteiger charge is 2.35. The van der Waals surface area contributed by atoms with Crippen LogP contribution >= 0.6 is 0 Å². The fraction of sp³-hybridized carbons (Fsp3) is 0.286. The van der Waals surface area contributed by atoms with Gasteiger partial charge in [0, 0.05) is 23.5 Å². The lowest BCUT2D eigenvalue weighted by Gasteiger charge is -2.38. The van der Waals surface area contributed by atoms with E-state index >= 15 is 0 Å². The maximum absolute atomic E-state index is 12.6. The SMILES string of the molecule is O=C(Cc1ccccn1)N[C@H](c1cnc2ccccc2c1)C1CC(O)C1. The van der Waals surface area contributed by atoms with E-state index in [1.165, 1.54) is 0 Å². The Hall–Kier alpha value is -2.79. The number of rotatable bonds is 5. The van der Waals surface area contributed by atoms with E-state index in [1.54, 1.807) is 6.20 Å². The van der Waals surface area contributed by atoms with E-state index in [0.717, 1.165) is 22.2 Å². The van der Waals surface area contributed by atoms with Gasteiger partial charge >= 0.3 is 0 Å². The van der Waals surface area contributed by atoms with Gasteiger partial charge in [-0.05, 0) is 48.6 Å². The number of para-hydroxylation sites is 1. The normalized spacial score (nSPS) is 20.3. The van der Waals surface area contributed by atoms with Crippen LogP contribution in [0.15, 0.2) is 60.9 Å². The third-order valence-electron chi connectivity index (χ3n) is 4.98. The van der Waals surface area contributed by atoms with Crippen LogP contribution in [0.5, 0.6) is 0 Å². The van der Waals surface area contributed by atoms with Gasteiger partial charge in [0.2, 0.25) is 5.91 Å². The second kappa shape index (κ2) is 7.22. The van der Waals surface area contributed by atoms with Crippen molar-refractivity contribution in [2.75, 3.05) is 0 Å². The standard InChI is InChI=1S/C21H21N3O2/c25-18-10-15(11-18)21(24-20(26)12-17-6-3-4-8-22-17)16-9-14-5-1-2-7-19(14)23-13-16/h1-9,13,15,18,21,25H,10-12H2,(H,24,26)/t15?,18?,21-/m0/s1. The number of hydrogen-bond donors (Lipinski definition) is 2. The highest BCUT2D eigenvalue weighted by Crippen LogP contribution is 2.38. The van der Waals surface area contributed by atoms with Crippen molar-refractivity contribution in [3.8, 4) is 0 Å². The van der Waals surface area contributed by atoms with Gasteiger partial charge in [-0.2, -0.15) is 0 Å². The molecule has 0 saturated heterocycles. The summed E-state index contributed by atoms with van der Waals surface area (Å²) in [6.07, 6.45) is 4.88. The van der Waals surface area contributed by atoms with Crippen LogP contribution in [0.4, 0.5) is 0 Å². The van der Waals surface area contributed by atoms with Crippen molar-refractivity contribution in [1.29, 1.82) is 0 Å². The minimum Gasteiger partial charge on any atom is -0.393 e. The first-order chi connectivity index (χ1) is 12.7. The second-order valence-corrected chi connectivity index (χ2v) is 6.89. The molecule has 26 heavy (non-hydrogen) atoms. The Labute approximate surface area is 152 Å². The molecule has 1 aliphatic carbocycles. The Morgan fingerprint density at radius 2 is 1.96 bits per heavy atom. The molecule has 0 aliphatic heterocycles. The summed E-state index contributed by atoms with van der Waals surface area (Å²) < 4.78 is 0. The molecule has 0 spiro atoms. The number of nitrogens with one attached hydrogen (secondary N) is 1. The summed E-state index contributed by atoms with van der Waals surface area (Å²) in [7, 11) is 0. The van der Waals surface area contributed by atoms with Crippen molar-refractivity contribution in [2.45, 2.75) is 31.4 Å². The van der Waals surface area contributed by atoms with Gasteiger partial charge in [-0.15, -0.1) is 0 Å². The summed E-state index contributed by atoms with van der Waals surface area (Å²) in [5.74, 6) is 0.156. The molecule has 1 amide bonds. The zero-order chi connectivity index (χ0) is 17.9. The number of amides is 1. The van der Waals surface area contributed by atoms with Gasteiger partial charge in [-0.1, -0.05) is 24.3 Å². The zero-order valence-corrected chi connectivity index (χ0v) is 14.4. The number of pyridine rings is 2. The third kappa shape index (κ3) is 3.58. The van der Waals surface area contributed by atoms with Gasteiger partial charge in [-0.25, -0.2) is 0 Å². The third-order valence-corrected chi connectivity index (χ3v) is 4.98. The molecule has 5 nitrogen and oxygen atoms in total. The summed E-state index contributed by atoms with van der Waals surface area (Å²) in [5, 5.41) is 13.9. The maximum Gasteiger partial charge on any atom is 0.226 e. The smallest absolute Gasteiger partial charge is 0.226 e. The quantitative estimate of drug-likeness (QED) is 0.744. The lowest BCUT2D eigenvalue weighted by atomic mass is 9.75. The fourth-order valence-electron chi connectivity index (χ4n) is 3.53. The van der Waals surface area contributed by atoms with Crippen molar-refractivity contribution in [2.24, 2.45) is 5.92 Å². The van der Waals surface area contributed by atoms with Crippen LogP contribution in [0.1, 0.15) is 30.1 Å². The Morgan fingerprint density at radius 1 is 1.15 bits per heavy atom. The number of aliphatic hydroxyl groups excluding tert-OH is 1. The first-order valence-electron chi connectivity index (χ1n) is 8.91. The molecule has 1 aromatic carbocycles. The summed E-state index contributed by atoms with van der Waals surface area (Å²) in [5.41, 5.74) is 2.66. The van der Waals surface area contributed by atoms with Crippen molar-refractivity contribution in [1.82, 2.24) is 15.3 Å². The van der Waals surface area contributed by atoms with Gasteiger partial charge in [0.05, 0.1) is 24.1 Å². The molecule has 3 aromatic rings. The number of nitrogens with zero attached hydrogens (tertiary/aromatic N) is 2. The predicted molar refractivity (Wildman–Crippen MR) is 99.3 cm³/mol. The average molecular weight is 347 g/mol. The maximum atomic E-state index is 12.6. The molecule has 2 aromatic heterocycles. The van der Waals surface area contributed by atoms with E-state index in [-0.39, 0.29) is 30.4 Å². The number of carbonyl (C=O) groups excluding carboxylic acids is 1. The number of benzene rings is 1. The van der Waals surface area contributed by atoms with E-state index < -0.39 is 0 Å². The van der Waals surface area contributed by atoms with Crippen LogP contribution in [0, 0.1) is 5.92 Å². The van der Waals surface area contributed by atoms with Gasteiger partial charge < -0.3 is 10.4 Å². The molecule has 132 valence electrons. The first-order valence-corrected chi connectivity index (χ1v) is 8.91. The van der Waals surface area contributed by atoms with E-state index in [4.69, 9.17) is 0 Å². The Morgan fingerprint density at radius 3 is 2.73 bits per heavy atom. The van der Waals surface area contributed by atoms with Crippen molar-refractivity contribution < 1.29 is 9.90 Å². The molecule has 2 heterocycles. The minimum atomic E-state index is -0.274. The minimum absolute atomic E-state index is 0.0664. The van der Waals surface area contributed by atoms with Crippen molar-refractivity contribution in [3.05, 3.63) is 72.2 Å². The molecular weight excluding hydrogens is 326 g/mol. The molecule has 1 atom stereocenters. The molecule has 5 heteroatoms. The van der Waals surface area contributed by atoms with Gasteiger partial charge in [0.15, 0.2) is 0 Å². The summed E-state index contributed by atoms with van der Waals surface area (Å²) >= 11 is 0. The van der Waals surface area contributed by atoms with Crippen LogP contribution in [-0.4, -0.2) is 27.1 Å². The lowest BCUT2D eigenvalue weighted by Crippen LogP contribution is -2.42. The first kappa shape index (κ1) is 16.7. The van der Waals surface area contributed by atoms with E-state index in [1.807, 2.05) is 48.7 Å². The number of carbonyl (C=O) groups is 1. The molecule has 1 fully saturated rings. The van der Waals surface area contributed by atoms with Gasteiger partial charge in [0.1, 0.15) is 0 Å². The average Bonchev–Trinajstić information content (AvgIpc) is 2.64. The fourth-order valence-corrected chi connectivity index (χ4v) is 3.53. The van der Waals surface area contributed by atoms with Crippen molar-refractivity contribution >= 4 is 16.8 Å². The second-order valence-electron chi connectivity index (χ2n) is 6.89. The number of aliphatic hydroxyl groups is 1. The highest BCUT2D eigenvalue weighted by atomic mass is 16.3. The molecule has 0 unspecified atom stereocenters. The molecular formula is C21H21N3O2. The van der Waals surface area contributed by atoms with Crippen LogP contribution in [-0.2, 0) is 11.2 Å². The van der Waals surface area contributed by atoms with Gasteiger partial charge in [-0.3, -0.25) is 14.8 Å². The van der Waals surface area contributed by atoms with Crippen molar-refractivity contribution in [3.63, 3.8) is 0 Å². The molecule has 1 aliphatic rings. The van der Waals surface area contributed by atoms with Gasteiger partial charge in [0.25, 0.3) is 0 Å². The van der Waals surface area contributed by atoms with Crippen LogP contribution < -0.4 is 5.32 Å². The molecule has 2 N–H and O–H groups in total. The Kier molecular flexibility index (Phi) is 4.63. The number of fused-ring (bicyclic) bond motifs is 1. The summed E-state index contributed by atoms with van der Waals surface area (Å²) in [4.78, 5) is 21.3. The van der Waals surface area contributed by atoms with Crippen LogP contribution in [0.25, 0.3) is 10.9 Å². The monoisotopic (exact) mass is 347 g/mol. The molecule has 0 radical (unpaired) electrons. The molecule has 4 rings (SSSR count). The largest absolute Gasteiger partial charge is 0.393 e. The van der Waals surface area contributed by atoms with Crippen LogP contribution in [0.3, 0.4) is 0 Å². The molecule has 0 bridgehead atoms. The van der Waals surface area contributed by atoms with E-state index in [2.05, 4.69) is 21.4 Å². The number of aromatic nitrogens is 2. The summed E-state index contributed by atoms with van der Waals surface area (Å²) in [6, 6.07) is 15.4. The topological polar surface area (TPSA) is 75.1 Å². The number of hydrogen-bond acceptors (Lipinski definition) is 4. The highest BCUT2D eigenvalue weighted by molar-refractivity contribution is 5.80. The van der Waals surface area contributed by atoms with E-state index in [0.29, 0.717) is 12.8 Å². The Balaban J connectivity index is 1.56. The predicted octanol–water partition coefficient (Wildman–Crippen LogP) is 2.80. The zero-order valence-electron chi connectivity index (χ0n) is 14.4.